The minimum atomic E-state index is -1.28. The number of nitrogens with zero attached hydrogens (tertiary/aromatic N) is 3. The average Bonchev–Trinajstić information content (AvgIpc) is 2.50. The number of aliphatic hydroxyl groups excluding tert-OH is 1. The van der Waals surface area contributed by atoms with Gasteiger partial charge in [-0.15, -0.1) is 0 Å². The summed E-state index contributed by atoms with van der Waals surface area (Å²) in [6, 6.07) is 0. The quantitative estimate of drug-likeness (QED) is 0.859. The van der Waals surface area contributed by atoms with Crippen LogP contribution >= 0.6 is 0 Å². The van der Waals surface area contributed by atoms with E-state index < -0.39 is 23.3 Å². The normalized spacial score (nSPS) is 25.3. The molecule has 0 aromatic carbocycles. The summed E-state index contributed by atoms with van der Waals surface area (Å²) in [5, 5.41) is 19.8. The number of piperidine rings is 1. The Morgan fingerprint density at radius 3 is 2.82 bits per heavy atom. The SMILES string of the molecule is CCC[C@]1(C(=O)O)CN(c2ncnc(CC)c2F)CC[C@@H]1O. The van der Waals surface area contributed by atoms with Crippen molar-refractivity contribution in [1.82, 2.24) is 9.97 Å². The van der Waals surface area contributed by atoms with Crippen LogP contribution in [-0.2, 0) is 11.2 Å². The number of hydrogen-bond acceptors (Lipinski definition) is 5. The second kappa shape index (κ2) is 6.56. The Kier molecular flexibility index (Phi) is 4.95. The molecule has 1 saturated heterocycles. The summed E-state index contributed by atoms with van der Waals surface area (Å²) in [4.78, 5) is 21.2. The zero-order chi connectivity index (χ0) is 16.3. The van der Waals surface area contributed by atoms with Crippen molar-refractivity contribution < 1.29 is 19.4 Å². The first kappa shape index (κ1) is 16.6. The van der Waals surface area contributed by atoms with Gasteiger partial charge in [-0.25, -0.2) is 14.4 Å². The maximum absolute atomic E-state index is 14.4. The van der Waals surface area contributed by atoms with E-state index in [0.29, 0.717) is 31.5 Å². The predicted molar refractivity (Wildman–Crippen MR) is 79.2 cm³/mol. The van der Waals surface area contributed by atoms with Gasteiger partial charge >= 0.3 is 5.97 Å². The third kappa shape index (κ3) is 2.77. The largest absolute Gasteiger partial charge is 0.481 e. The van der Waals surface area contributed by atoms with Crippen LogP contribution in [-0.4, -0.2) is 45.3 Å². The van der Waals surface area contributed by atoms with Crippen molar-refractivity contribution in [2.24, 2.45) is 5.41 Å². The van der Waals surface area contributed by atoms with Gasteiger partial charge in [0.15, 0.2) is 11.6 Å². The molecule has 1 aromatic heterocycles. The van der Waals surface area contributed by atoms with E-state index in [9.17, 15) is 19.4 Å². The Balaban J connectivity index is 2.36. The molecule has 1 aromatic rings. The summed E-state index contributed by atoms with van der Waals surface area (Å²) >= 11 is 0. The maximum Gasteiger partial charge on any atom is 0.314 e. The van der Waals surface area contributed by atoms with Gasteiger partial charge in [-0.1, -0.05) is 20.3 Å². The molecule has 6 nitrogen and oxygen atoms in total. The molecule has 1 fully saturated rings. The summed E-state index contributed by atoms with van der Waals surface area (Å²) in [5.74, 6) is -1.42. The fourth-order valence-electron chi connectivity index (χ4n) is 3.13. The van der Waals surface area contributed by atoms with Crippen LogP contribution in [0.2, 0.25) is 0 Å². The van der Waals surface area contributed by atoms with Crippen molar-refractivity contribution in [3.05, 3.63) is 17.8 Å². The van der Waals surface area contributed by atoms with Crippen LogP contribution in [0.25, 0.3) is 0 Å². The van der Waals surface area contributed by atoms with E-state index in [1.807, 2.05) is 6.92 Å². The van der Waals surface area contributed by atoms with Gasteiger partial charge in [-0.3, -0.25) is 4.79 Å². The number of hydrogen-bond donors (Lipinski definition) is 2. The van der Waals surface area contributed by atoms with E-state index in [1.165, 1.54) is 6.33 Å². The number of halogens is 1. The molecule has 0 radical (unpaired) electrons. The third-order valence-corrected chi connectivity index (χ3v) is 4.38. The van der Waals surface area contributed by atoms with E-state index in [1.54, 1.807) is 11.8 Å². The smallest absolute Gasteiger partial charge is 0.314 e. The second-order valence-electron chi connectivity index (χ2n) is 5.75. The lowest BCUT2D eigenvalue weighted by atomic mass is 9.74. The van der Waals surface area contributed by atoms with Crippen LogP contribution in [0.4, 0.5) is 10.2 Å². The Morgan fingerprint density at radius 1 is 1.50 bits per heavy atom. The van der Waals surface area contributed by atoms with Gasteiger partial charge in [-0.2, -0.15) is 0 Å². The van der Waals surface area contributed by atoms with Crippen LogP contribution < -0.4 is 4.90 Å². The fraction of sp³-hybridized carbons (Fsp3) is 0.667. The molecule has 122 valence electrons. The van der Waals surface area contributed by atoms with E-state index in [-0.39, 0.29) is 18.8 Å². The molecule has 1 aliphatic rings. The van der Waals surface area contributed by atoms with E-state index in [2.05, 4.69) is 9.97 Å². The highest BCUT2D eigenvalue weighted by atomic mass is 19.1. The molecule has 0 saturated carbocycles. The highest BCUT2D eigenvalue weighted by Crippen LogP contribution is 2.37. The lowest BCUT2D eigenvalue weighted by Crippen LogP contribution is -2.56. The van der Waals surface area contributed by atoms with Crippen LogP contribution in [0.15, 0.2) is 6.33 Å². The van der Waals surface area contributed by atoms with Crippen molar-refractivity contribution in [3.63, 3.8) is 0 Å². The predicted octanol–water partition coefficient (Wildman–Crippen LogP) is 1.62. The van der Waals surface area contributed by atoms with Crippen molar-refractivity contribution in [2.75, 3.05) is 18.0 Å². The standard InChI is InChI=1S/C15H22FN3O3/c1-3-6-15(14(21)22)8-19(7-5-11(15)20)13-12(16)10(4-2)17-9-18-13/h9,11,20H,3-8H2,1-2H3,(H,21,22)/t11-,15-/m0/s1. The second-order valence-corrected chi connectivity index (χ2v) is 5.75. The first-order chi connectivity index (χ1) is 10.5. The van der Waals surface area contributed by atoms with E-state index >= 15 is 0 Å². The van der Waals surface area contributed by atoms with Crippen molar-refractivity contribution in [1.29, 1.82) is 0 Å². The van der Waals surface area contributed by atoms with E-state index in [4.69, 9.17) is 0 Å². The average molecular weight is 311 g/mol. The van der Waals surface area contributed by atoms with E-state index in [0.717, 1.165) is 0 Å². The Bertz CT molecular complexity index is 555. The van der Waals surface area contributed by atoms with Gasteiger partial charge in [0.25, 0.3) is 0 Å². The molecule has 7 heteroatoms. The van der Waals surface area contributed by atoms with Crippen molar-refractivity contribution >= 4 is 11.8 Å². The number of carboxylic acid groups (broad SMARTS) is 1. The minimum Gasteiger partial charge on any atom is -0.481 e. The topological polar surface area (TPSA) is 86.5 Å². The molecule has 0 amide bonds. The number of aliphatic carboxylic acids is 1. The number of aryl methyl sites for hydroxylation is 1. The number of rotatable bonds is 5. The van der Waals surface area contributed by atoms with Crippen molar-refractivity contribution in [3.8, 4) is 0 Å². The summed E-state index contributed by atoms with van der Waals surface area (Å²) in [6.07, 6.45) is 2.05. The summed E-state index contributed by atoms with van der Waals surface area (Å²) in [5.41, 5.74) is -0.968. The summed E-state index contributed by atoms with van der Waals surface area (Å²) < 4.78 is 14.4. The highest BCUT2D eigenvalue weighted by Gasteiger charge is 2.49. The van der Waals surface area contributed by atoms with Gasteiger partial charge in [0.05, 0.1) is 11.8 Å². The minimum absolute atomic E-state index is 0.0500. The number of aliphatic hydroxyl groups is 1. The molecule has 0 unspecified atom stereocenters. The molecule has 2 rings (SSSR count). The zero-order valence-corrected chi connectivity index (χ0v) is 12.9. The van der Waals surface area contributed by atoms with Crippen molar-refractivity contribution in [2.45, 2.75) is 45.6 Å². The van der Waals surface area contributed by atoms with Crippen LogP contribution in [0.5, 0.6) is 0 Å². The van der Waals surface area contributed by atoms with Crippen LogP contribution in [0, 0.1) is 11.2 Å². The number of anilines is 1. The summed E-state index contributed by atoms with van der Waals surface area (Å²) in [7, 11) is 0. The number of aromatic nitrogens is 2. The Morgan fingerprint density at radius 2 is 2.23 bits per heavy atom. The summed E-state index contributed by atoms with van der Waals surface area (Å²) in [6.45, 7) is 4.09. The van der Waals surface area contributed by atoms with Gasteiger partial charge in [0, 0.05) is 13.1 Å². The molecule has 0 bridgehead atoms. The fourth-order valence-corrected chi connectivity index (χ4v) is 3.13. The van der Waals surface area contributed by atoms with Gasteiger partial charge in [-0.05, 0) is 19.3 Å². The highest BCUT2D eigenvalue weighted by molar-refractivity contribution is 5.77. The molecular weight excluding hydrogens is 289 g/mol. The molecule has 22 heavy (non-hydrogen) atoms. The molecule has 0 spiro atoms. The van der Waals surface area contributed by atoms with Crippen LogP contribution in [0.1, 0.15) is 38.8 Å². The maximum atomic E-state index is 14.4. The monoisotopic (exact) mass is 311 g/mol. The Labute approximate surface area is 129 Å². The molecular formula is C15H22FN3O3. The number of carboxylic acids is 1. The third-order valence-electron chi connectivity index (χ3n) is 4.38. The first-order valence-corrected chi connectivity index (χ1v) is 7.62. The first-order valence-electron chi connectivity index (χ1n) is 7.62. The molecule has 2 N–H and O–H groups in total. The molecule has 0 aliphatic carbocycles. The van der Waals surface area contributed by atoms with Gasteiger partial charge in [0.2, 0.25) is 0 Å². The molecule has 2 atom stereocenters. The van der Waals surface area contributed by atoms with Crippen LogP contribution in [0.3, 0.4) is 0 Å². The number of carbonyl (C=O) groups is 1. The molecule has 1 aliphatic heterocycles. The van der Waals surface area contributed by atoms with Gasteiger partial charge < -0.3 is 15.1 Å². The molecule has 2 heterocycles. The zero-order valence-electron chi connectivity index (χ0n) is 12.9. The van der Waals surface area contributed by atoms with Gasteiger partial charge in [0.1, 0.15) is 11.7 Å². The Hall–Kier alpha value is -1.76. The lowest BCUT2D eigenvalue weighted by molar-refractivity contribution is -0.158. The lowest BCUT2D eigenvalue weighted by Gasteiger charge is -2.43.